The van der Waals surface area contributed by atoms with E-state index >= 15 is 0 Å². The van der Waals surface area contributed by atoms with Crippen molar-refractivity contribution >= 4 is 39.5 Å². The quantitative estimate of drug-likeness (QED) is 0.733. The van der Waals surface area contributed by atoms with E-state index in [2.05, 4.69) is 36.5 Å². The molecule has 0 aliphatic carbocycles. The Balaban J connectivity index is 1.83. The van der Waals surface area contributed by atoms with Crippen molar-refractivity contribution in [1.82, 2.24) is 20.0 Å². The van der Waals surface area contributed by atoms with E-state index in [1.165, 1.54) is 0 Å². The Hall–Kier alpha value is -2.19. The zero-order valence-electron chi connectivity index (χ0n) is 12.2. The molecule has 7 nitrogen and oxygen atoms in total. The van der Waals surface area contributed by atoms with E-state index in [1.807, 2.05) is 13.0 Å². The van der Waals surface area contributed by atoms with Crippen molar-refractivity contribution in [2.24, 2.45) is 7.05 Å². The third kappa shape index (κ3) is 3.27. The van der Waals surface area contributed by atoms with Gasteiger partial charge in [-0.25, -0.2) is 0 Å². The van der Waals surface area contributed by atoms with E-state index in [0.29, 0.717) is 16.3 Å². The molecule has 3 rings (SSSR count). The molecule has 1 aromatic carbocycles. The molecule has 1 N–H and O–H groups in total. The summed E-state index contributed by atoms with van der Waals surface area (Å²) in [4.78, 5) is 12.2. The van der Waals surface area contributed by atoms with Gasteiger partial charge in [-0.15, -0.1) is 5.10 Å². The molecule has 1 amide bonds. The number of nitrogens with one attached hydrogen (secondary N) is 1. The zero-order valence-corrected chi connectivity index (χ0v) is 14.5. The maximum Gasteiger partial charge on any atom is 0.322 e. The van der Waals surface area contributed by atoms with Crippen molar-refractivity contribution in [3.05, 3.63) is 45.0 Å². The average Bonchev–Trinajstić information content (AvgIpc) is 3.07. The summed E-state index contributed by atoms with van der Waals surface area (Å²) >= 11 is 9.32. The number of amides is 1. The minimum Gasteiger partial charge on any atom is -0.401 e. The normalized spacial score (nSPS) is 10.8. The number of hydrogen-bond acceptors (Lipinski definition) is 5. The van der Waals surface area contributed by atoms with Crippen LogP contribution in [-0.2, 0) is 7.05 Å². The summed E-state index contributed by atoms with van der Waals surface area (Å²) < 4.78 is 7.82. The van der Waals surface area contributed by atoms with Crippen LogP contribution >= 0.6 is 27.5 Å². The van der Waals surface area contributed by atoms with Gasteiger partial charge in [-0.1, -0.05) is 32.6 Å². The molecular weight excluding hydrogens is 386 g/mol. The van der Waals surface area contributed by atoms with Crippen molar-refractivity contribution < 1.29 is 9.21 Å². The van der Waals surface area contributed by atoms with Crippen LogP contribution in [0.2, 0.25) is 5.02 Å². The van der Waals surface area contributed by atoms with Crippen molar-refractivity contribution in [2.75, 3.05) is 5.32 Å². The predicted octanol–water partition coefficient (Wildman–Crippen LogP) is 3.45. The third-order valence-corrected chi connectivity index (χ3v) is 3.86. The third-order valence-electron chi connectivity index (χ3n) is 3.04. The van der Waals surface area contributed by atoms with Crippen LogP contribution in [-0.4, -0.2) is 25.9 Å². The Morgan fingerprint density at radius 2 is 2.13 bits per heavy atom. The zero-order chi connectivity index (χ0) is 16.6. The molecule has 9 heteroatoms. The largest absolute Gasteiger partial charge is 0.401 e. The first-order chi connectivity index (χ1) is 10.9. The summed E-state index contributed by atoms with van der Waals surface area (Å²) in [6.07, 6.45) is 0. The number of anilines is 1. The summed E-state index contributed by atoms with van der Waals surface area (Å²) in [5.41, 5.74) is 1.79. The highest BCUT2D eigenvalue weighted by molar-refractivity contribution is 9.10. The number of halogens is 2. The van der Waals surface area contributed by atoms with Crippen LogP contribution in [0.25, 0.3) is 11.6 Å². The van der Waals surface area contributed by atoms with Gasteiger partial charge >= 0.3 is 6.01 Å². The van der Waals surface area contributed by atoms with Crippen molar-refractivity contribution in [2.45, 2.75) is 6.92 Å². The van der Waals surface area contributed by atoms with Crippen molar-refractivity contribution in [1.29, 1.82) is 0 Å². The molecule has 0 bridgehead atoms. The van der Waals surface area contributed by atoms with Gasteiger partial charge in [0.2, 0.25) is 0 Å². The first-order valence-corrected chi connectivity index (χ1v) is 7.72. The number of aromatic nitrogens is 4. The summed E-state index contributed by atoms with van der Waals surface area (Å²) in [6, 6.07) is 6.77. The summed E-state index contributed by atoms with van der Waals surface area (Å²) in [6.45, 7) is 1.86. The van der Waals surface area contributed by atoms with E-state index in [-0.39, 0.29) is 11.9 Å². The van der Waals surface area contributed by atoms with Gasteiger partial charge in [-0.05, 0) is 31.2 Å². The van der Waals surface area contributed by atoms with E-state index in [0.717, 1.165) is 10.2 Å². The average molecular weight is 397 g/mol. The maximum atomic E-state index is 12.2. The highest BCUT2D eigenvalue weighted by Gasteiger charge is 2.17. The number of rotatable bonds is 3. The first-order valence-electron chi connectivity index (χ1n) is 6.55. The Kier molecular flexibility index (Phi) is 4.18. The van der Waals surface area contributed by atoms with Crippen LogP contribution in [0.4, 0.5) is 6.01 Å². The number of hydrogen-bond donors (Lipinski definition) is 1. The Morgan fingerprint density at radius 3 is 2.83 bits per heavy atom. The number of aryl methyl sites for hydroxylation is 2. The summed E-state index contributed by atoms with van der Waals surface area (Å²) in [7, 11) is 1.77. The molecule has 118 valence electrons. The second-order valence-corrected chi connectivity index (χ2v) is 6.11. The van der Waals surface area contributed by atoms with Crippen molar-refractivity contribution in [3.8, 4) is 11.6 Å². The summed E-state index contributed by atoms with van der Waals surface area (Å²) in [5.74, 6) is -0.170. The van der Waals surface area contributed by atoms with Crippen LogP contribution in [0.15, 0.2) is 33.2 Å². The van der Waals surface area contributed by atoms with Gasteiger partial charge in [0.25, 0.3) is 11.8 Å². The van der Waals surface area contributed by atoms with Crippen LogP contribution in [0.5, 0.6) is 0 Å². The van der Waals surface area contributed by atoms with Gasteiger partial charge in [0.15, 0.2) is 0 Å². The molecule has 3 aromatic rings. The number of nitrogens with zero attached hydrogens (tertiary/aromatic N) is 4. The van der Waals surface area contributed by atoms with Crippen LogP contribution in [0.3, 0.4) is 0 Å². The molecule has 0 aliphatic heterocycles. The van der Waals surface area contributed by atoms with Gasteiger partial charge < -0.3 is 4.42 Å². The van der Waals surface area contributed by atoms with Gasteiger partial charge in [0.05, 0.1) is 16.3 Å². The van der Waals surface area contributed by atoms with Gasteiger partial charge in [0.1, 0.15) is 5.69 Å². The molecule has 23 heavy (non-hydrogen) atoms. The lowest BCUT2D eigenvalue weighted by molar-refractivity contribution is 0.102. The molecule has 0 spiro atoms. The first kappa shape index (κ1) is 15.7. The van der Waals surface area contributed by atoms with Crippen LogP contribution < -0.4 is 5.32 Å². The second-order valence-electron chi connectivity index (χ2n) is 4.79. The molecule has 0 saturated carbocycles. The van der Waals surface area contributed by atoms with Gasteiger partial charge in [-0.3, -0.25) is 14.8 Å². The highest BCUT2D eigenvalue weighted by atomic mass is 79.9. The van der Waals surface area contributed by atoms with E-state index < -0.39 is 5.91 Å². The standard InChI is InChI=1S/C14H11BrClN5O2/c1-7-5-11(21(2)20-7)13-18-19-14(23-13)17-12(22)9-6-8(15)3-4-10(9)16/h3-6H,1-2H3,(H,17,19,22). The predicted molar refractivity (Wildman–Crippen MR) is 88.3 cm³/mol. The Morgan fingerprint density at radius 1 is 1.35 bits per heavy atom. The fraction of sp³-hybridized carbons (Fsp3) is 0.143. The number of carbonyl (C=O) groups excluding carboxylic acids is 1. The molecule has 0 aliphatic rings. The molecule has 0 radical (unpaired) electrons. The molecular formula is C14H11BrClN5O2. The topological polar surface area (TPSA) is 85.8 Å². The van der Waals surface area contributed by atoms with Crippen LogP contribution in [0.1, 0.15) is 16.1 Å². The number of benzene rings is 1. The second kappa shape index (κ2) is 6.13. The fourth-order valence-electron chi connectivity index (χ4n) is 2.02. The van der Waals surface area contributed by atoms with E-state index in [9.17, 15) is 4.79 Å². The molecule has 0 fully saturated rings. The Bertz CT molecular complexity index is 889. The smallest absolute Gasteiger partial charge is 0.322 e. The lowest BCUT2D eigenvalue weighted by atomic mass is 10.2. The number of carbonyl (C=O) groups is 1. The maximum absolute atomic E-state index is 12.2. The van der Waals surface area contributed by atoms with E-state index in [1.54, 1.807) is 29.9 Å². The molecule has 2 aromatic heterocycles. The molecule has 0 atom stereocenters. The highest BCUT2D eigenvalue weighted by Crippen LogP contribution is 2.23. The molecule has 0 saturated heterocycles. The lowest BCUT2D eigenvalue weighted by Crippen LogP contribution is -2.12. The minimum absolute atomic E-state index is 0.0140. The fourth-order valence-corrected chi connectivity index (χ4v) is 2.59. The monoisotopic (exact) mass is 395 g/mol. The minimum atomic E-state index is -0.437. The van der Waals surface area contributed by atoms with Crippen LogP contribution in [0, 0.1) is 6.92 Å². The molecule has 2 heterocycles. The molecule has 0 unspecified atom stereocenters. The van der Waals surface area contributed by atoms with Crippen molar-refractivity contribution in [3.63, 3.8) is 0 Å². The summed E-state index contributed by atoms with van der Waals surface area (Å²) in [5, 5.41) is 14.8. The SMILES string of the molecule is Cc1cc(-c2nnc(NC(=O)c3cc(Br)ccc3Cl)o2)n(C)n1. The lowest BCUT2D eigenvalue weighted by Gasteiger charge is -2.03. The van der Waals surface area contributed by atoms with Gasteiger partial charge in [-0.2, -0.15) is 5.10 Å². The Labute approximate surface area is 144 Å². The van der Waals surface area contributed by atoms with Gasteiger partial charge in [0, 0.05) is 11.5 Å². The van der Waals surface area contributed by atoms with E-state index in [4.69, 9.17) is 16.0 Å².